The summed E-state index contributed by atoms with van der Waals surface area (Å²) in [6, 6.07) is 13.3. The van der Waals surface area contributed by atoms with Gasteiger partial charge in [-0.2, -0.15) is 5.10 Å². The first kappa shape index (κ1) is 29.5. The number of ether oxygens (including phenoxy) is 2. The van der Waals surface area contributed by atoms with Gasteiger partial charge in [-0.05, 0) is 61.1 Å². The normalized spacial score (nSPS) is 25.4. The SMILES string of the molecule is COC(=O)C1(Cc2ccc3nc(CC4(NC(=O)OCc5ccccc5)CCC(C)CC4)cn3n2)CC(C)(C)CNC1=O. The molecule has 2 amide bonds. The van der Waals surface area contributed by atoms with E-state index in [1.807, 2.05) is 62.5 Å². The van der Waals surface area contributed by atoms with Crippen molar-refractivity contribution < 1.29 is 23.9 Å². The maximum atomic E-state index is 13.1. The van der Waals surface area contributed by atoms with Crippen LogP contribution in [0.25, 0.3) is 5.65 Å². The van der Waals surface area contributed by atoms with Crippen LogP contribution in [0.3, 0.4) is 0 Å². The number of carbonyl (C=O) groups excluding carboxylic acids is 3. The zero-order valence-electron chi connectivity index (χ0n) is 24.9. The van der Waals surface area contributed by atoms with Gasteiger partial charge in [-0.15, -0.1) is 0 Å². The van der Waals surface area contributed by atoms with E-state index < -0.39 is 23.0 Å². The fraction of sp³-hybridized carbons (Fsp3) is 0.531. The number of carbonyl (C=O) groups is 3. The van der Waals surface area contributed by atoms with E-state index in [0.717, 1.165) is 36.9 Å². The molecule has 2 fully saturated rings. The molecule has 1 aromatic carbocycles. The van der Waals surface area contributed by atoms with Gasteiger partial charge in [-0.25, -0.2) is 14.3 Å². The Morgan fingerprint density at radius 1 is 1.07 bits per heavy atom. The molecule has 3 aromatic rings. The van der Waals surface area contributed by atoms with Crippen LogP contribution >= 0.6 is 0 Å². The topological polar surface area (TPSA) is 124 Å². The van der Waals surface area contributed by atoms with E-state index in [1.54, 1.807) is 4.52 Å². The number of hydrogen-bond donors (Lipinski definition) is 2. The molecule has 42 heavy (non-hydrogen) atoms. The summed E-state index contributed by atoms with van der Waals surface area (Å²) in [4.78, 5) is 43.8. The summed E-state index contributed by atoms with van der Waals surface area (Å²) in [5, 5.41) is 10.8. The number of hydrogen-bond acceptors (Lipinski definition) is 7. The van der Waals surface area contributed by atoms with E-state index in [9.17, 15) is 14.4 Å². The van der Waals surface area contributed by atoms with Crippen LogP contribution in [0.5, 0.6) is 0 Å². The molecule has 0 radical (unpaired) electrons. The zero-order valence-corrected chi connectivity index (χ0v) is 24.9. The minimum atomic E-state index is -1.35. The average molecular weight is 576 g/mol. The number of fused-ring (bicyclic) bond motifs is 1. The Morgan fingerprint density at radius 3 is 2.52 bits per heavy atom. The third kappa shape index (κ3) is 6.42. The number of nitrogens with zero attached hydrogens (tertiary/aromatic N) is 3. The first-order valence-electron chi connectivity index (χ1n) is 14.7. The van der Waals surface area contributed by atoms with Crippen LogP contribution in [0, 0.1) is 16.7 Å². The molecule has 3 heterocycles. The van der Waals surface area contributed by atoms with Crippen LogP contribution in [0.4, 0.5) is 4.79 Å². The average Bonchev–Trinajstić information content (AvgIpc) is 3.36. The number of imidazole rings is 1. The lowest BCUT2D eigenvalue weighted by molar-refractivity contribution is -0.164. The molecule has 1 unspecified atom stereocenters. The summed E-state index contributed by atoms with van der Waals surface area (Å²) in [5.74, 6) is -0.296. The van der Waals surface area contributed by atoms with Crippen LogP contribution in [-0.2, 0) is 38.5 Å². The summed E-state index contributed by atoms with van der Waals surface area (Å²) in [6.45, 7) is 6.99. The van der Waals surface area contributed by atoms with Crippen molar-refractivity contribution in [1.82, 2.24) is 25.2 Å². The van der Waals surface area contributed by atoms with Gasteiger partial charge in [-0.1, -0.05) is 51.1 Å². The summed E-state index contributed by atoms with van der Waals surface area (Å²) >= 11 is 0. The quantitative estimate of drug-likeness (QED) is 0.302. The number of amides is 2. The zero-order chi connectivity index (χ0) is 30.0. The smallest absolute Gasteiger partial charge is 0.407 e. The molecular weight excluding hydrogens is 534 g/mol. The summed E-state index contributed by atoms with van der Waals surface area (Å²) in [7, 11) is 1.31. The van der Waals surface area contributed by atoms with Crippen molar-refractivity contribution in [2.24, 2.45) is 16.7 Å². The molecule has 224 valence electrons. The van der Waals surface area contributed by atoms with Gasteiger partial charge in [0.2, 0.25) is 5.91 Å². The summed E-state index contributed by atoms with van der Waals surface area (Å²) in [6.07, 6.45) is 6.12. The molecule has 1 saturated heterocycles. The van der Waals surface area contributed by atoms with Crippen LogP contribution in [0.15, 0.2) is 48.7 Å². The molecule has 2 aromatic heterocycles. The lowest BCUT2D eigenvalue weighted by Crippen LogP contribution is -2.57. The standard InChI is InChI=1S/C32H41N5O5/c1-22-12-14-31(15-13-22,35-29(40)42-19-23-8-6-5-7-9-23)16-25-18-37-26(34-25)11-10-24(36-37)17-32(28(39)41-4)20-30(2,3)21-33-27(32)38/h5-11,18,22H,12-17,19-21H2,1-4H3,(H,33,38)(H,35,40). The summed E-state index contributed by atoms with van der Waals surface area (Å²) < 4.78 is 12.4. The molecule has 10 nitrogen and oxygen atoms in total. The first-order chi connectivity index (χ1) is 20.0. The van der Waals surface area contributed by atoms with Gasteiger partial charge in [0.05, 0.1) is 24.7 Å². The number of piperidine rings is 1. The first-order valence-corrected chi connectivity index (χ1v) is 14.7. The molecule has 0 spiro atoms. The maximum Gasteiger partial charge on any atom is 0.407 e. The highest BCUT2D eigenvalue weighted by Crippen LogP contribution is 2.41. The van der Waals surface area contributed by atoms with E-state index >= 15 is 0 Å². The number of rotatable bonds is 8. The molecular formula is C32H41N5O5. The van der Waals surface area contributed by atoms with Crippen molar-refractivity contribution in [3.05, 3.63) is 65.6 Å². The van der Waals surface area contributed by atoms with Crippen LogP contribution < -0.4 is 10.6 Å². The predicted molar refractivity (Wildman–Crippen MR) is 156 cm³/mol. The maximum absolute atomic E-state index is 13.1. The Balaban J connectivity index is 1.35. The van der Waals surface area contributed by atoms with E-state index in [4.69, 9.17) is 19.6 Å². The highest BCUT2D eigenvalue weighted by atomic mass is 16.5. The Bertz CT molecular complexity index is 1430. The van der Waals surface area contributed by atoms with Gasteiger partial charge >= 0.3 is 12.1 Å². The second kappa shape index (κ2) is 11.7. The van der Waals surface area contributed by atoms with Gasteiger partial charge in [0.25, 0.3) is 0 Å². The third-order valence-electron chi connectivity index (χ3n) is 8.76. The van der Waals surface area contributed by atoms with E-state index in [1.165, 1.54) is 7.11 Å². The summed E-state index contributed by atoms with van der Waals surface area (Å²) in [5.41, 5.74) is 0.889. The molecule has 1 aliphatic heterocycles. The van der Waals surface area contributed by atoms with Crippen molar-refractivity contribution in [2.45, 2.75) is 77.9 Å². The van der Waals surface area contributed by atoms with E-state index in [0.29, 0.717) is 36.6 Å². The fourth-order valence-corrected chi connectivity index (χ4v) is 6.47. The Kier molecular flexibility index (Phi) is 8.25. The molecule has 1 saturated carbocycles. The number of nitrogens with one attached hydrogen (secondary N) is 2. The van der Waals surface area contributed by atoms with Crippen molar-refractivity contribution >= 4 is 23.6 Å². The third-order valence-corrected chi connectivity index (χ3v) is 8.76. The molecule has 2 aliphatic rings. The Hall–Kier alpha value is -3.95. The van der Waals surface area contributed by atoms with Gasteiger partial charge in [0.1, 0.15) is 6.61 Å². The monoisotopic (exact) mass is 575 g/mol. The second-order valence-corrected chi connectivity index (χ2v) is 13.0. The number of esters is 1. The second-order valence-electron chi connectivity index (χ2n) is 13.0. The van der Waals surface area contributed by atoms with Crippen molar-refractivity contribution in [2.75, 3.05) is 13.7 Å². The highest BCUT2D eigenvalue weighted by molar-refractivity contribution is 6.03. The van der Waals surface area contributed by atoms with Crippen molar-refractivity contribution in [3.63, 3.8) is 0 Å². The van der Waals surface area contributed by atoms with Gasteiger partial charge < -0.3 is 20.1 Å². The molecule has 1 atom stereocenters. The lowest BCUT2D eigenvalue weighted by Gasteiger charge is -2.41. The highest BCUT2D eigenvalue weighted by Gasteiger charge is 2.53. The minimum Gasteiger partial charge on any atom is -0.468 e. The van der Waals surface area contributed by atoms with E-state index in [-0.39, 0.29) is 24.3 Å². The van der Waals surface area contributed by atoms with Crippen LogP contribution in [-0.4, -0.2) is 51.8 Å². The van der Waals surface area contributed by atoms with Gasteiger partial charge in [0, 0.05) is 24.9 Å². The molecule has 5 rings (SSSR count). The largest absolute Gasteiger partial charge is 0.468 e. The van der Waals surface area contributed by atoms with E-state index in [2.05, 4.69) is 17.6 Å². The number of benzene rings is 1. The van der Waals surface area contributed by atoms with Crippen LogP contribution in [0.1, 0.15) is 69.8 Å². The van der Waals surface area contributed by atoms with Crippen molar-refractivity contribution in [1.29, 1.82) is 0 Å². The molecule has 1 aliphatic carbocycles. The minimum absolute atomic E-state index is 0.120. The fourth-order valence-electron chi connectivity index (χ4n) is 6.47. The van der Waals surface area contributed by atoms with Crippen molar-refractivity contribution in [3.8, 4) is 0 Å². The number of methoxy groups -OCH3 is 1. The van der Waals surface area contributed by atoms with Crippen LogP contribution in [0.2, 0.25) is 0 Å². The Morgan fingerprint density at radius 2 is 1.81 bits per heavy atom. The predicted octanol–water partition coefficient (Wildman–Crippen LogP) is 4.40. The van der Waals surface area contributed by atoms with Gasteiger partial charge in [0.15, 0.2) is 11.1 Å². The lowest BCUT2D eigenvalue weighted by atomic mass is 9.67. The van der Waals surface area contributed by atoms with Gasteiger partial charge in [-0.3, -0.25) is 9.59 Å². The molecule has 0 bridgehead atoms. The Labute approximate surface area is 246 Å². The molecule has 2 N–H and O–H groups in total. The molecule has 10 heteroatoms. The number of aromatic nitrogens is 3. The number of alkyl carbamates (subject to hydrolysis) is 1.